The number of hydrogen-bond acceptors (Lipinski definition) is 1. The van der Waals surface area contributed by atoms with Gasteiger partial charge < -0.3 is 5.32 Å². The number of carbonyl (C=O) groups is 1. The summed E-state index contributed by atoms with van der Waals surface area (Å²) in [5.41, 5.74) is 0. The first-order valence-corrected chi connectivity index (χ1v) is 7.73. The Labute approximate surface area is 108 Å². The van der Waals surface area contributed by atoms with Gasteiger partial charge in [-0.25, -0.2) is 0 Å². The highest BCUT2D eigenvalue weighted by Crippen LogP contribution is 2.31. The molecule has 0 saturated heterocycles. The summed E-state index contributed by atoms with van der Waals surface area (Å²) in [7, 11) is 0. The average Bonchev–Trinajstić information content (AvgIpc) is 2.34. The van der Waals surface area contributed by atoms with Crippen LogP contribution in [0.5, 0.6) is 0 Å². The lowest BCUT2D eigenvalue weighted by atomic mass is 9.79. The van der Waals surface area contributed by atoms with E-state index in [0.29, 0.717) is 0 Å². The zero-order valence-corrected chi connectivity index (χ0v) is 11.9. The smallest absolute Gasteiger partial charge is 0.223 e. The summed E-state index contributed by atoms with van der Waals surface area (Å²) >= 11 is 3.33. The van der Waals surface area contributed by atoms with Crippen LogP contribution in [0.15, 0.2) is 0 Å². The minimum absolute atomic E-state index is 0.272. The van der Waals surface area contributed by atoms with Crippen LogP contribution in [0, 0.1) is 11.8 Å². The number of hydrogen-bond donors (Lipinski definition) is 1. The molecule has 2 nitrogen and oxygen atoms in total. The van der Waals surface area contributed by atoms with E-state index in [1.807, 2.05) is 0 Å². The lowest BCUT2D eigenvalue weighted by Gasteiger charge is -2.27. The molecule has 1 aliphatic rings. The predicted molar refractivity (Wildman–Crippen MR) is 71.8 cm³/mol. The van der Waals surface area contributed by atoms with Gasteiger partial charge in [0.15, 0.2) is 0 Å². The van der Waals surface area contributed by atoms with Gasteiger partial charge in [-0.3, -0.25) is 4.79 Å². The van der Waals surface area contributed by atoms with Crippen LogP contribution in [-0.2, 0) is 4.79 Å². The summed E-state index contributed by atoms with van der Waals surface area (Å²) in [4.78, 5) is 11.7. The molecule has 0 spiro atoms. The third kappa shape index (κ3) is 4.86. The molecule has 0 aromatic heterocycles. The Balaban J connectivity index is 2.18. The van der Waals surface area contributed by atoms with E-state index in [-0.39, 0.29) is 11.8 Å². The number of alkyl halides is 1. The highest BCUT2D eigenvalue weighted by atomic mass is 79.9. The summed E-state index contributed by atoms with van der Waals surface area (Å²) in [6, 6.07) is 0. The maximum absolute atomic E-state index is 11.7. The SMILES string of the molecule is CCCCC1CCC(C(=O)NCCBr)CC1. The van der Waals surface area contributed by atoms with Crippen molar-refractivity contribution in [3.63, 3.8) is 0 Å². The fraction of sp³-hybridized carbons (Fsp3) is 0.923. The molecule has 1 rings (SSSR count). The van der Waals surface area contributed by atoms with E-state index < -0.39 is 0 Å². The third-order valence-corrected chi connectivity index (χ3v) is 3.97. The lowest BCUT2D eigenvalue weighted by molar-refractivity contribution is -0.126. The maximum atomic E-state index is 11.7. The van der Waals surface area contributed by atoms with Crippen LogP contribution in [0.1, 0.15) is 51.9 Å². The third-order valence-electron chi connectivity index (χ3n) is 3.58. The van der Waals surface area contributed by atoms with Crippen LogP contribution in [-0.4, -0.2) is 17.8 Å². The molecule has 0 aromatic rings. The lowest BCUT2D eigenvalue weighted by Crippen LogP contribution is -2.34. The number of amides is 1. The molecule has 1 amide bonds. The molecule has 0 heterocycles. The summed E-state index contributed by atoms with van der Waals surface area (Å²) in [5, 5.41) is 3.83. The molecule has 0 radical (unpaired) electrons. The van der Waals surface area contributed by atoms with Gasteiger partial charge in [-0.15, -0.1) is 0 Å². The second-order valence-corrected chi connectivity index (χ2v) is 5.63. The Morgan fingerprint density at radius 1 is 1.31 bits per heavy atom. The zero-order valence-electron chi connectivity index (χ0n) is 10.3. The van der Waals surface area contributed by atoms with Crippen molar-refractivity contribution >= 4 is 21.8 Å². The Hall–Kier alpha value is -0.0500. The van der Waals surface area contributed by atoms with E-state index in [2.05, 4.69) is 28.2 Å². The van der Waals surface area contributed by atoms with Crippen LogP contribution >= 0.6 is 15.9 Å². The van der Waals surface area contributed by atoms with Gasteiger partial charge in [-0.2, -0.15) is 0 Å². The molecule has 94 valence electrons. The van der Waals surface area contributed by atoms with Gasteiger partial charge in [-0.05, 0) is 31.6 Å². The normalized spacial score (nSPS) is 25.4. The Kier molecular flexibility index (Phi) is 7.10. The molecule has 1 saturated carbocycles. The van der Waals surface area contributed by atoms with E-state index in [1.165, 1.54) is 32.1 Å². The molecular weight excluding hydrogens is 266 g/mol. The van der Waals surface area contributed by atoms with E-state index in [0.717, 1.165) is 30.6 Å². The predicted octanol–water partition coefficient (Wildman–Crippen LogP) is 3.49. The molecule has 1 N–H and O–H groups in total. The van der Waals surface area contributed by atoms with Crippen molar-refractivity contribution in [2.75, 3.05) is 11.9 Å². The molecule has 1 aliphatic carbocycles. The molecule has 0 unspecified atom stereocenters. The zero-order chi connectivity index (χ0) is 11.8. The monoisotopic (exact) mass is 289 g/mol. The molecule has 16 heavy (non-hydrogen) atoms. The van der Waals surface area contributed by atoms with Crippen LogP contribution < -0.4 is 5.32 Å². The molecule has 3 heteroatoms. The number of carbonyl (C=O) groups excluding carboxylic acids is 1. The van der Waals surface area contributed by atoms with Gasteiger partial charge >= 0.3 is 0 Å². The first-order valence-electron chi connectivity index (χ1n) is 6.61. The number of halogens is 1. The van der Waals surface area contributed by atoms with Gasteiger partial charge in [0, 0.05) is 17.8 Å². The van der Waals surface area contributed by atoms with Gasteiger partial charge in [-0.1, -0.05) is 42.1 Å². The van der Waals surface area contributed by atoms with Gasteiger partial charge in [0.25, 0.3) is 0 Å². The maximum Gasteiger partial charge on any atom is 0.223 e. The minimum Gasteiger partial charge on any atom is -0.355 e. The van der Waals surface area contributed by atoms with Crippen molar-refractivity contribution < 1.29 is 4.79 Å². The van der Waals surface area contributed by atoms with Crippen molar-refractivity contribution in [2.45, 2.75) is 51.9 Å². The Bertz CT molecular complexity index is 200. The highest BCUT2D eigenvalue weighted by molar-refractivity contribution is 9.09. The van der Waals surface area contributed by atoms with Crippen molar-refractivity contribution in [3.8, 4) is 0 Å². The first-order chi connectivity index (χ1) is 7.77. The molecule has 0 bridgehead atoms. The van der Waals surface area contributed by atoms with Crippen LogP contribution in [0.3, 0.4) is 0 Å². The van der Waals surface area contributed by atoms with E-state index in [9.17, 15) is 4.79 Å². The van der Waals surface area contributed by atoms with Crippen molar-refractivity contribution in [1.29, 1.82) is 0 Å². The summed E-state index contributed by atoms with van der Waals surface area (Å²) in [6.45, 7) is 3.01. The Morgan fingerprint density at radius 2 is 2.00 bits per heavy atom. The molecule has 0 atom stereocenters. The summed E-state index contributed by atoms with van der Waals surface area (Å²) in [6.07, 6.45) is 8.73. The van der Waals surface area contributed by atoms with Crippen LogP contribution in [0.4, 0.5) is 0 Å². The second-order valence-electron chi connectivity index (χ2n) is 4.84. The van der Waals surface area contributed by atoms with Crippen molar-refractivity contribution in [2.24, 2.45) is 11.8 Å². The van der Waals surface area contributed by atoms with Gasteiger partial charge in [0.1, 0.15) is 0 Å². The quantitative estimate of drug-likeness (QED) is 0.745. The van der Waals surface area contributed by atoms with E-state index in [4.69, 9.17) is 0 Å². The molecular formula is C13H24BrNO. The van der Waals surface area contributed by atoms with E-state index >= 15 is 0 Å². The van der Waals surface area contributed by atoms with E-state index in [1.54, 1.807) is 0 Å². The standard InChI is InChI=1S/C13H24BrNO/c1-2-3-4-11-5-7-12(8-6-11)13(16)15-10-9-14/h11-12H,2-10H2,1H3,(H,15,16). The number of unbranched alkanes of at least 4 members (excludes halogenated alkanes) is 1. The summed E-state index contributed by atoms with van der Waals surface area (Å²) in [5.74, 6) is 1.45. The fourth-order valence-corrected chi connectivity index (χ4v) is 2.72. The number of rotatable bonds is 6. The Morgan fingerprint density at radius 3 is 2.56 bits per heavy atom. The fourth-order valence-electron chi connectivity index (χ4n) is 2.52. The molecule has 0 aromatic carbocycles. The minimum atomic E-state index is 0.272. The van der Waals surface area contributed by atoms with Gasteiger partial charge in [0.2, 0.25) is 5.91 Å². The van der Waals surface area contributed by atoms with Crippen molar-refractivity contribution in [1.82, 2.24) is 5.32 Å². The molecule has 0 aliphatic heterocycles. The second kappa shape index (κ2) is 8.10. The van der Waals surface area contributed by atoms with Crippen LogP contribution in [0.2, 0.25) is 0 Å². The topological polar surface area (TPSA) is 29.1 Å². The highest BCUT2D eigenvalue weighted by Gasteiger charge is 2.25. The number of nitrogens with one attached hydrogen (secondary N) is 1. The average molecular weight is 290 g/mol. The van der Waals surface area contributed by atoms with Crippen LogP contribution in [0.25, 0.3) is 0 Å². The molecule has 1 fully saturated rings. The first kappa shape index (κ1) is 14.0. The largest absolute Gasteiger partial charge is 0.355 e. The van der Waals surface area contributed by atoms with Crippen molar-refractivity contribution in [3.05, 3.63) is 0 Å². The summed E-state index contributed by atoms with van der Waals surface area (Å²) < 4.78 is 0. The van der Waals surface area contributed by atoms with Gasteiger partial charge in [0.05, 0.1) is 0 Å².